The Labute approximate surface area is 147 Å². The van der Waals surface area contributed by atoms with Crippen LogP contribution in [0.1, 0.15) is 44.6 Å². The van der Waals surface area contributed by atoms with Gasteiger partial charge in [0, 0.05) is 30.6 Å². The van der Waals surface area contributed by atoms with Crippen molar-refractivity contribution in [2.45, 2.75) is 45.2 Å². The summed E-state index contributed by atoms with van der Waals surface area (Å²) in [4.78, 5) is 17.2. The van der Waals surface area contributed by atoms with E-state index in [0.717, 1.165) is 37.2 Å². The van der Waals surface area contributed by atoms with E-state index in [0.29, 0.717) is 12.6 Å². The van der Waals surface area contributed by atoms with Crippen molar-refractivity contribution in [1.82, 2.24) is 10.2 Å². The standard InChI is InChI=1S/C20H24N2OS/c1-14(22-10-9-15-5-2-3-6-17(15)13-22)12-21-20(23)19-11-16-7-4-8-18(16)24-19/h2-3,5-6,11,14H,4,7-10,12-13H2,1H3,(H,21,23)/t14-/m0/s1. The minimum Gasteiger partial charge on any atom is -0.350 e. The smallest absolute Gasteiger partial charge is 0.261 e. The molecule has 1 N–H and O–H groups in total. The zero-order valence-electron chi connectivity index (χ0n) is 14.2. The van der Waals surface area contributed by atoms with Gasteiger partial charge in [-0.1, -0.05) is 24.3 Å². The second-order valence-electron chi connectivity index (χ2n) is 6.96. The van der Waals surface area contributed by atoms with Crippen molar-refractivity contribution in [2.24, 2.45) is 0 Å². The minimum atomic E-state index is 0.0960. The fourth-order valence-corrected chi connectivity index (χ4v) is 4.96. The summed E-state index contributed by atoms with van der Waals surface area (Å²) < 4.78 is 0. The van der Waals surface area contributed by atoms with Gasteiger partial charge in [-0.15, -0.1) is 11.3 Å². The molecule has 1 aliphatic carbocycles. The quantitative estimate of drug-likeness (QED) is 0.925. The molecule has 4 rings (SSSR count). The van der Waals surface area contributed by atoms with Gasteiger partial charge < -0.3 is 5.32 Å². The number of nitrogens with one attached hydrogen (secondary N) is 1. The zero-order chi connectivity index (χ0) is 16.5. The van der Waals surface area contributed by atoms with E-state index in [1.807, 2.05) is 0 Å². The van der Waals surface area contributed by atoms with Crippen LogP contribution in [0.2, 0.25) is 0 Å². The molecule has 0 unspecified atom stereocenters. The van der Waals surface area contributed by atoms with Crippen LogP contribution in [-0.2, 0) is 25.8 Å². The molecule has 0 saturated heterocycles. The third-order valence-corrected chi connectivity index (χ3v) is 6.55. The third kappa shape index (κ3) is 3.13. The normalized spacial score (nSPS) is 18.0. The Kier molecular flexibility index (Phi) is 4.42. The van der Waals surface area contributed by atoms with E-state index >= 15 is 0 Å². The molecule has 0 spiro atoms. The average Bonchev–Trinajstić information content (AvgIpc) is 3.21. The predicted octanol–water partition coefficient (Wildman–Crippen LogP) is 3.41. The molecule has 1 aliphatic heterocycles. The third-order valence-electron chi connectivity index (χ3n) is 5.31. The highest BCUT2D eigenvalue weighted by molar-refractivity contribution is 7.14. The van der Waals surface area contributed by atoms with E-state index in [2.05, 4.69) is 47.5 Å². The van der Waals surface area contributed by atoms with Gasteiger partial charge >= 0.3 is 0 Å². The number of aryl methyl sites for hydroxylation is 2. The summed E-state index contributed by atoms with van der Waals surface area (Å²) in [6.07, 6.45) is 4.64. The van der Waals surface area contributed by atoms with Crippen molar-refractivity contribution < 1.29 is 4.79 Å². The van der Waals surface area contributed by atoms with Crippen LogP contribution in [0.15, 0.2) is 30.3 Å². The minimum absolute atomic E-state index is 0.0960. The number of thiophene rings is 1. The second-order valence-corrected chi connectivity index (χ2v) is 8.10. The van der Waals surface area contributed by atoms with Gasteiger partial charge in [-0.25, -0.2) is 0 Å². The lowest BCUT2D eigenvalue weighted by atomic mass is 9.99. The molecule has 2 aromatic rings. The molecule has 3 nitrogen and oxygen atoms in total. The highest BCUT2D eigenvalue weighted by Gasteiger charge is 2.22. The van der Waals surface area contributed by atoms with Crippen molar-refractivity contribution in [3.63, 3.8) is 0 Å². The van der Waals surface area contributed by atoms with Gasteiger partial charge in [0.2, 0.25) is 0 Å². The van der Waals surface area contributed by atoms with Gasteiger partial charge in [-0.05, 0) is 55.4 Å². The van der Waals surface area contributed by atoms with Crippen LogP contribution in [0.5, 0.6) is 0 Å². The Bertz CT molecular complexity index is 730. The molecular weight excluding hydrogens is 316 g/mol. The maximum absolute atomic E-state index is 12.4. The molecule has 24 heavy (non-hydrogen) atoms. The summed E-state index contributed by atoms with van der Waals surface area (Å²) in [5, 5.41) is 3.14. The van der Waals surface area contributed by atoms with E-state index in [4.69, 9.17) is 0 Å². The SMILES string of the molecule is C[C@@H](CNC(=O)c1cc2c(s1)CCC2)N1CCc2ccccc2C1. The van der Waals surface area contributed by atoms with E-state index in [1.54, 1.807) is 11.3 Å². The highest BCUT2D eigenvalue weighted by atomic mass is 32.1. The van der Waals surface area contributed by atoms with Crippen LogP contribution in [0.4, 0.5) is 0 Å². The molecule has 0 radical (unpaired) electrons. The Balaban J connectivity index is 1.33. The zero-order valence-corrected chi connectivity index (χ0v) is 15.0. The average molecular weight is 340 g/mol. The van der Waals surface area contributed by atoms with Crippen LogP contribution in [0.25, 0.3) is 0 Å². The summed E-state index contributed by atoms with van der Waals surface area (Å²) in [6.45, 7) is 4.98. The largest absolute Gasteiger partial charge is 0.350 e. The van der Waals surface area contributed by atoms with Gasteiger partial charge in [0.25, 0.3) is 5.91 Å². The molecule has 1 aromatic carbocycles. The van der Waals surface area contributed by atoms with Gasteiger partial charge in [0.15, 0.2) is 0 Å². The van der Waals surface area contributed by atoms with Gasteiger partial charge in [-0.2, -0.15) is 0 Å². The summed E-state index contributed by atoms with van der Waals surface area (Å²) in [5.41, 5.74) is 4.29. The van der Waals surface area contributed by atoms with Crippen LogP contribution < -0.4 is 5.32 Å². The number of carbonyl (C=O) groups excluding carboxylic acids is 1. The predicted molar refractivity (Wildman–Crippen MR) is 98.7 cm³/mol. The van der Waals surface area contributed by atoms with Crippen molar-refractivity contribution in [3.05, 3.63) is 56.8 Å². The van der Waals surface area contributed by atoms with E-state index in [-0.39, 0.29) is 5.91 Å². The number of hydrogen-bond acceptors (Lipinski definition) is 3. The first-order valence-electron chi connectivity index (χ1n) is 8.91. The lowest BCUT2D eigenvalue weighted by Gasteiger charge is -2.33. The van der Waals surface area contributed by atoms with Crippen molar-refractivity contribution in [2.75, 3.05) is 13.1 Å². The van der Waals surface area contributed by atoms with Crippen LogP contribution in [0.3, 0.4) is 0 Å². The summed E-state index contributed by atoms with van der Waals surface area (Å²) >= 11 is 1.68. The van der Waals surface area contributed by atoms with Gasteiger partial charge in [-0.3, -0.25) is 9.69 Å². The van der Waals surface area contributed by atoms with Crippen molar-refractivity contribution in [3.8, 4) is 0 Å². The van der Waals surface area contributed by atoms with E-state index in [1.165, 1.54) is 28.0 Å². The number of nitrogens with zero attached hydrogens (tertiary/aromatic N) is 1. The molecule has 0 fully saturated rings. The highest BCUT2D eigenvalue weighted by Crippen LogP contribution is 2.30. The van der Waals surface area contributed by atoms with Crippen LogP contribution in [-0.4, -0.2) is 29.9 Å². The molecule has 1 amide bonds. The van der Waals surface area contributed by atoms with E-state index < -0.39 is 0 Å². The molecule has 0 saturated carbocycles. The Morgan fingerprint density at radius 2 is 2.04 bits per heavy atom. The number of amides is 1. The summed E-state index contributed by atoms with van der Waals surface area (Å²) in [6, 6.07) is 11.1. The number of fused-ring (bicyclic) bond motifs is 2. The van der Waals surface area contributed by atoms with Gasteiger partial charge in [0.1, 0.15) is 0 Å². The maximum Gasteiger partial charge on any atom is 0.261 e. The summed E-state index contributed by atoms with van der Waals surface area (Å²) in [7, 11) is 0. The first-order chi connectivity index (χ1) is 11.7. The maximum atomic E-state index is 12.4. The number of benzene rings is 1. The number of rotatable bonds is 4. The second kappa shape index (κ2) is 6.69. The van der Waals surface area contributed by atoms with Crippen molar-refractivity contribution in [1.29, 1.82) is 0 Å². The lowest BCUT2D eigenvalue weighted by molar-refractivity contribution is 0.0936. The van der Waals surface area contributed by atoms with Crippen LogP contribution >= 0.6 is 11.3 Å². The molecule has 2 heterocycles. The summed E-state index contributed by atoms with van der Waals surface area (Å²) in [5.74, 6) is 0.0960. The van der Waals surface area contributed by atoms with Crippen molar-refractivity contribution >= 4 is 17.2 Å². The first-order valence-corrected chi connectivity index (χ1v) is 9.73. The fraction of sp³-hybridized carbons (Fsp3) is 0.450. The molecule has 0 bridgehead atoms. The number of carbonyl (C=O) groups is 1. The molecule has 4 heteroatoms. The molecule has 1 aromatic heterocycles. The number of hydrogen-bond donors (Lipinski definition) is 1. The Hall–Kier alpha value is -1.65. The monoisotopic (exact) mass is 340 g/mol. The van der Waals surface area contributed by atoms with E-state index in [9.17, 15) is 4.79 Å². The molecule has 1 atom stereocenters. The van der Waals surface area contributed by atoms with Crippen LogP contribution in [0, 0.1) is 0 Å². The Morgan fingerprint density at radius 3 is 2.88 bits per heavy atom. The Morgan fingerprint density at radius 1 is 1.21 bits per heavy atom. The molecule has 126 valence electrons. The molecule has 2 aliphatic rings. The lowest BCUT2D eigenvalue weighted by Crippen LogP contribution is -2.44. The fourth-order valence-electron chi connectivity index (χ4n) is 3.79. The molecular formula is C20H24N2OS. The van der Waals surface area contributed by atoms with Gasteiger partial charge in [0.05, 0.1) is 4.88 Å². The topological polar surface area (TPSA) is 32.3 Å². The first kappa shape index (κ1) is 15.9.